The van der Waals surface area contributed by atoms with Crippen LogP contribution in [-0.2, 0) is 11.7 Å². The van der Waals surface area contributed by atoms with Gasteiger partial charge in [-0.3, -0.25) is 9.97 Å². The summed E-state index contributed by atoms with van der Waals surface area (Å²) in [6.07, 6.45) is 6.44. The van der Waals surface area contributed by atoms with E-state index in [9.17, 15) is 5.11 Å². The van der Waals surface area contributed by atoms with Crippen LogP contribution in [0.2, 0.25) is 0 Å². The molecule has 2 bridgehead atoms. The molecule has 1 aliphatic heterocycles. The van der Waals surface area contributed by atoms with E-state index in [-0.39, 0.29) is 18.1 Å². The number of benzene rings is 1. The first-order chi connectivity index (χ1) is 11.4. The van der Waals surface area contributed by atoms with Gasteiger partial charge in [0.2, 0.25) is 0 Å². The van der Waals surface area contributed by atoms with E-state index in [4.69, 9.17) is 10.5 Å². The fourth-order valence-electron chi connectivity index (χ4n) is 1.81. The number of aromatic nitrogens is 2. The van der Waals surface area contributed by atoms with Crippen LogP contribution in [0.4, 0.5) is 0 Å². The van der Waals surface area contributed by atoms with E-state index in [2.05, 4.69) is 35.6 Å². The van der Waals surface area contributed by atoms with Crippen LogP contribution >= 0.6 is 0 Å². The molecule has 0 amide bonds. The quantitative estimate of drug-likeness (QED) is 0.874. The number of fused-ring (bicyclic) bond motifs is 2. The average Bonchev–Trinajstić information content (AvgIpc) is 2.92. The first-order valence-corrected chi connectivity index (χ1v) is 7.84. The van der Waals surface area contributed by atoms with E-state index < -0.39 is 0 Å². The van der Waals surface area contributed by atoms with Crippen molar-refractivity contribution >= 4 is 0 Å². The number of hydrogen-bond acceptors (Lipinski definition) is 4. The van der Waals surface area contributed by atoms with Crippen molar-refractivity contribution in [1.82, 2.24) is 9.97 Å². The van der Waals surface area contributed by atoms with Gasteiger partial charge in [-0.25, -0.2) is 5.11 Å². The predicted molar refractivity (Wildman–Crippen MR) is 95.2 cm³/mol. The Bertz CT molecular complexity index is 590. The van der Waals surface area contributed by atoms with Crippen LogP contribution < -0.4 is 10.5 Å². The maximum Gasteiger partial charge on any atom is 0.120 e. The molecule has 0 spiro atoms. The monoisotopic (exact) mass is 328 g/mol. The lowest BCUT2D eigenvalue weighted by Gasteiger charge is -2.26. The van der Waals surface area contributed by atoms with E-state index in [0.29, 0.717) is 0 Å². The summed E-state index contributed by atoms with van der Waals surface area (Å²) in [4.78, 5) is 8.20. The predicted octanol–water partition coefficient (Wildman–Crippen LogP) is 3.50. The van der Waals surface area contributed by atoms with Gasteiger partial charge in [0.15, 0.2) is 0 Å². The van der Waals surface area contributed by atoms with E-state index in [1.54, 1.807) is 18.6 Å². The molecule has 1 aromatic carbocycles. The molecule has 0 saturated heterocycles. The second-order valence-corrected chi connectivity index (χ2v) is 6.06. The Kier molecular flexibility index (Phi) is 8.09. The lowest BCUT2D eigenvalue weighted by atomic mass is 9.88. The normalized spacial score (nSPS) is 12.7. The summed E-state index contributed by atoms with van der Waals surface area (Å²) in [7, 11) is 0. The van der Waals surface area contributed by atoms with Crippen LogP contribution in [-0.4, -0.2) is 22.1 Å². The Morgan fingerprint density at radius 1 is 1.42 bits per heavy atom. The maximum atomic E-state index is 9.18. The Labute approximate surface area is 144 Å². The van der Waals surface area contributed by atoms with Gasteiger partial charge in [0, 0.05) is 30.0 Å². The smallest absolute Gasteiger partial charge is 0.120 e. The van der Waals surface area contributed by atoms with Crippen LogP contribution in [0.3, 0.4) is 0 Å². The molecular weight excluding hydrogens is 302 g/mol. The third kappa shape index (κ3) is 6.89. The summed E-state index contributed by atoms with van der Waals surface area (Å²) in [6.45, 7) is 9.81. The number of rotatable bonds is 3. The third-order valence-electron chi connectivity index (χ3n) is 3.56. The minimum atomic E-state index is -0.240. The zero-order chi connectivity index (χ0) is 18.0. The van der Waals surface area contributed by atoms with E-state index >= 15 is 0 Å². The van der Waals surface area contributed by atoms with Crippen molar-refractivity contribution in [3.63, 3.8) is 0 Å². The summed E-state index contributed by atoms with van der Waals surface area (Å²) >= 11 is 0. The minimum absolute atomic E-state index is 0.167. The van der Waals surface area contributed by atoms with E-state index in [1.807, 2.05) is 26.0 Å². The number of nitrogens with zero attached hydrogens (tertiary/aromatic N) is 2. The van der Waals surface area contributed by atoms with Gasteiger partial charge in [0.05, 0.1) is 5.69 Å². The minimum Gasteiger partial charge on any atom is -0.489 e. The molecular formula is C19H26N3O2. The van der Waals surface area contributed by atoms with Crippen LogP contribution in [0.15, 0.2) is 55.5 Å². The average molecular weight is 328 g/mol. The molecule has 0 saturated carbocycles. The fourth-order valence-corrected chi connectivity index (χ4v) is 1.81. The lowest BCUT2D eigenvalue weighted by molar-refractivity contribution is 0.232. The lowest BCUT2D eigenvalue weighted by Crippen LogP contribution is -2.38. The summed E-state index contributed by atoms with van der Waals surface area (Å²) in [5.41, 5.74) is 7.93. The Morgan fingerprint density at radius 2 is 2.12 bits per heavy atom. The molecule has 1 unspecified atom stereocenters. The molecule has 1 radical (unpaired) electrons. The van der Waals surface area contributed by atoms with E-state index in [0.717, 1.165) is 18.1 Å². The maximum absolute atomic E-state index is 9.18. The van der Waals surface area contributed by atoms with Crippen molar-refractivity contribution in [2.75, 3.05) is 6.61 Å². The van der Waals surface area contributed by atoms with Gasteiger partial charge in [-0.2, -0.15) is 0 Å². The van der Waals surface area contributed by atoms with Gasteiger partial charge < -0.3 is 10.5 Å². The highest BCUT2D eigenvalue weighted by Crippen LogP contribution is 2.22. The highest BCUT2D eigenvalue weighted by Gasteiger charge is 2.23. The van der Waals surface area contributed by atoms with Gasteiger partial charge >= 0.3 is 0 Å². The van der Waals surface area contributed by atoms with Crippen LogP contribution in [0.5, 0.6) is 5.75 Å². The first-order valence-electron chi connectivity index (χ1n) is 7.84. The molecule has 1 aromatic heterocycles. The second-order valence-electron chi connectivity index (χ2n) is 6.06. The highest BCUT2D eigenvalue weighted by molar-refractivity contribution is 5.32. The number of nitrogens with two attached hydrogens (primary N) is 1. The summed E-state index contributed by atoms with van der Waals surface area (Å²) in [5.74, 6) is 1.23. The van der Waals surface area contributed by atoms with Crippen LogP contribution in [0, 0.1) is 0 Å². The topological polar surface area (TPSA) is 80.9 Å². The van der Waals surface area contributed by atoms with Gasteiger partial charge in [0.1, 0.15) is 19.0 Å². The SMILES string of the molecule is C=CC[O].CC(c1cnccn1)C(C)(C)N.c1cc2cc(c1)OC2. The first kappa shape index (κ1) is 19.8. The Morgan fingerprint density at radius 3 is 2.58 bits per heavy atom. The molecule has 3 rings (SSSR count). The summed E-state index contributed by atoms with van der Waals surface area (Å²) < 4.78 is 5.18. The van der Waals surface area contributed by atoms with Gasteiger partial charge in [-0.1, -0.05) is 25.1 Å². The second kappa shape index (κ2) is 9.80. The molecule has 2 heterocycles. The highest BCUT2D eigenvalue weighted by atomic mass is 16.5. The Hall–Kier alpha value is -2.24. The third-order valence-corrected chi connectivity index (χ3v) is 3.56. The summed E-state index contributed by atoms with van der Waals surface area (Å²) in [5, 5.41) is 9.18. The molecule has 129 valence electrons. The molecule has 0 fully saturated rings. The Balaban J connectivity index is 0.000000205. The van der Waals surface area contributed by atoms with Crippen LogP contribution in [0.1, 0.15) is 37.9 Å². The van der Waals surface area contributed by atoms with Crippen molar-refractivity contribution in [3.05, 3.63) is 66.8 Å². The van der Waals surface area contributed by atoms with Crippen molar-refractivity contribution in [2.45, 2.75) is 38.8 Å². The van der Waals surface area contributed by atoms with Crippen molar-refractivity contribution < 1.29 is 9.84 Å². The number of hydrogen-bond donors (Lipinski definition) is 1. The standard InChI is InChI=1S/C9H15N3.C7H6O.C3H5O/c1-7(9(2,3)10)8-6-11-4-5-12-8;1-2-6-4-7(3-1)8-5-6;1-2-3-4/h4-7H,10H2,1-3H3;1-4H,5H2;2H,1,3H2. The largest absolute Gasteiger partial charge is 0.489 e. The van der Waals surface area contributed by atoms with Crippen molar-refractivity contribution in [1.29, 1.82) is 0 Å². The fraction of sp³-hybridized carbons (Fsp3) is 0.368. The van der Waals surface area contributed by atoms with Crippen molar-refractivity contribution in [3.8, 4) is 5.75 Å². The van der Waals surface area contributed by atoms with Gasteiger partial charge in [0.25, 0.3) is 0 Å². The number of ether oxygens (including phenoxy) is 1. The van der Waals surface area contributed by atoms with Crippen molar-refractivity contribution in [2.24, 2.45) is 5.73 Å². The molecule has 1 aliphatic rings. The van der Waals surface area contributed by atoms with Crippen LogP contribution in [0.25, 0.3) is 0 Å². The van der Waals surface area contributed by atoms with E-state index in [1.165, 1.54) is 11.6 Å². The molecule has 5 heteroatoms. The zero-order valence-electron chi connectivity index (χ0n) is 14.6. The molecule has 2 N–H and O–H groups in total. The molecule has 24 heavy (non-hydrogen) atoms. The molecule has 2 aromatic rings. The van der Waals surface area contributed by atoms with Gasteiger partial charge in [-0.05, 0) is 31.5 Å². The molecule has 5 nitrogen and oxygen atoms in total. The molecule has 1 atom stereocenters. The molecule has 0 aliphatic carbocycles. The zero-order valence-corrected chi connectivity index (χ0v) is 14.6. The summed E-state index contributed by atoms with van der Waals surface area (Å²) in [6, 6.07) is 8.10. The van der Waals surface area contributed by atoms with Gasteiger partial charge in [-0.15, -0.1) is 6.58 Å².